The Bertz CT molecular complexity index is 485. The van der Waals surface area contributed by atoms with Gasteiger partial charge in [0.2, 0.25) is 0 Å². The third-order valence-corrected chi connectivity index (χ3v) is 2.97. The number of carbonyl (C=O) groups is 1. The van der Waals surface area contributed by atoms with Gasteiger partial charge < -0.3 is 10.4 Å². The molecule has 3 nitrogen and oxygen atoms in total. The van der Waals surface area contributed by atoms with E-state index in [9.17, 15) is 18.0 Å². The maximum Gasteiger partial charge on any atom is 0.390 e. The number of hydrogen-bond acceptors (Lipinski definition) is 3. The monoisotopic (exact) mass is 291 g/mol. The first kappa shape index (κ1) is 15.5. The molecule has 0 aliphatic carbocycles. The Balaban J connectivity index is 2.48. The third kappa shape index (κ3) is 6.27. The number of thiophene rings is 1. The highest BCUT2D eigenvalue weighted by Gasteiger charge is 2.26. The van der Waals surface area contributed by atoms with Gasteiger partial charge in [0.05, 0.1) is 22.8 Å². The lowest BCUT2D eigenvalue weighted by Gasteiger charge is -2.06. The minimum absolute atomic E-state index is 0.0385. The molecule has 0 atom stereocenters. The van der Waals surface area contributed by atoms with Crippen LogP contribution in [0.5, 0.6) is 0 Å². The van der Waals surface area contributed by atoms with E-state index < -0.39 is 25.0 Å². The van der Waals surface area contributed by atoms with Crippen LogP contribution in [0.4, 0.5) is 13.2 Å². The van der Waals surface area contributed by atoms with E-state index in [0.717, 1.165) is 11.3 Å². The molecule has 2 N–H and O–H groups in total. The van der Waals surface area contributed by atoms with E-state index in [4.69, 9.17) is 5.11 Å². The minimum atomic E-state index is -4.27. The van der Waals surface area contributed by atoms with E-state index in [1.807, 2.05) is 0 Å². The molecule has 1 aromatic heterocycles. The quantitative estimate of drug-likeness (QED) is 0.835. The van der Waals surface area contributed by atoms with Crippen molar-refractivity contribution in [2.75, 3.05) is 13.2 Å². The van der Waals surface area contributed by atoms with Gasteiger partial charge in [0.15, 0.2) is 0 Å². The molecule has 19 heavy (non-hydrogen) atoms. The van der Waals surface area contributed by atoms with E-state index in [1.54, 1.807) is 6.07 Å². The maximum absolute atomic E-state index is 11.9. The summed E-state index contributed by atoms with van der Waals surface area (Å²) in [4.78, 5) is 12.5. The van der Waals surface area contributed by atoms with Crippen molar-refractivity contribution in [3.8, 4) is 11.8 Å². The molecule has 104 valence electrons. The van der Waals surface area contributed by atoms with Gasteiger partial charge in [-0.25, -0.2) is 0 Å². The van der Waals surface area contributed by atoms with Crippen LogP contribution in [0.15, 0.2) is 12.1 Å². The summed E-state index contributed by atoms with van der Waals surface area (Å²) in [5.41, 5.74) is 0. The average Bonchev–Trinajstić information content (AvgIpc) is 2.76. The van der Waals surface area contributed by atoms with Crippen LogP contribution in [0, 0.1) is 11.8 Å². The van der Waals surface area contributed by atoms with Crippen LogP contribution < -0.4 is 5.32 Å². The summed E-state index contributed by atoms with van der Waals surface area (Å²) < 4.78 is 35.7. The summed E-state index contributed by atoms with van der Waals surface area (Å²) in [7, 11) is 0. The summed E-state index contributed by atoms with van der Waals surface area (Å²) in [5.74, 6) is 4.91. The molecule has 1 aromatic rings. The first-order valence-corrected chi connectivity index (χ1v) is 6.28. The average molecular weight is 291 g/mol. The summed E-state index contributed by atoms with van der Waals surface area (Å²) in [5, 5.41) is 10.7. The second kappa shape index (κ2) is 7.16. The van der Waals surface area contributed by atoms with Crippen molar-refractivity contribution in [1.29, 1.82) is 0 Å². The SMILES string of the molecule is O=C(NCCC(F)(F)F)c1ccc(C#CCCO)s1. The van der Waals surface area contributed by atoms with Gasteiger partial charge in [0.25, 0.3) is 5.91 Å². The highest BCUT2D eigenvalue weighted by Crippen LogP contribution is 2.19. The summed E-state index contributed by atoms with van der Waals surface area (Å²) in [6.07, 6.45) is -4.98. The molecule has 1 amide bonds. The zero-order valence-electron chi connectivity index (χ0n) is 9.88. The van der Waals surface area contributed by atoms with E-state index in [1.165, 1.54) is 6.07 Å². The van der Waals surface area contributed by atoms with E-state index in [0.29, 0.717) is 16.2 Å². The Morgan fingerprint density at radius 1 is 1.42 bits per heavy atom. The molecular formula is C12H12F3NO2S. The van der Waals surface area contributed by atoms with Gasteiger partial charge in [-0.3, -0.25) is 4.79 Å². The molecule has 0 aliphatic rings. The predicted molar refractivity (Wildman–Crippen MR) is 65.9 cm³/mol. The molecule has 1 heterocycles. The molecule has 0 unspecified atom stereocenters. The zero-order valence-corrected chi connectivity index (χ0v) is 10.7. The van der Waals surface area contributed by atoms with Crippen molar-refractivity contribution in [3.63, 3.8) is 0 Å². The van der Waals surface area contributed by atoms with Gasteiger partial charge in [0, 0.05) is 13.0 Å². The van der Waals surface area contributed by atoms with Crippen LogP contribution in [0.25, 0.3) is 0 Å². The highest BCUT2D eigenvalue weighted by molar-refractivity contribution is 7.14. The smallest absolute Gasteiger partial charge is 0.390 e. The summed E-state index contributed by atoms with van der Waals surface area (Å²) >= 11 is 1.10. The number of carbonyl (C=O) groups excluding carboxylic acids is 1. The molecular weight excluding hydrogens is 279 g/mol. The van der Waals surface area contributed by atoms with Crippen LogP contribution in [-0.4, -0.2) is 30.3 Å². The van der Waals surface area contributed by atoms with Gasteiger partial charge in [-0.2, -0.15) is 13.2 Å². The molecule has 0 bridgehead atoms. The fourth-order valence-corrected chi connectivity index (χ4v) is 1.93. The molecule has 0 saturated carbocycles. The summed E-state index contributed by atoms with van der Waals surface area (Å²) in [6.45, 7) is -0.477. The van der Waals surface area contributed by atoms with Crippen LogP contribution in [0.2, 0.25) is 0 Å². The highest BCUT2D eigenvalue weighted by atomic mass is 32.1. The lowest BCUT2D eigenvalue weighted by atomic mass is 10.3. The van der Waals surface area contributed by atoms with Gasteiger partial charge in [-0.15, -0.1) is 11.3 Å². The number of amides is 1. The van der Waals surface area contributed by atoms with Crippen LogP contribution in [0.1, 0.15) is 27.4 Å². The van der Waals surface area contributed by atoms with Crippen molar-refractivity contribution in [2.24, 2.45) is 0 Å². The summed E-state index contributed by atoms with van der Waals surface area (Å²) in [6, 6.07) is 3.13. The molecule has 1 rings (SSSR count). The van der Waals surface area contributed by atoms with E-state index in [2.05, 4.69) is 17.2 Å². The molecule has 7 heteroatoms. The third-order valence-electron chi connectivity index (χ3n) is 1.97. The molecule has 0 aromatic carbocycles. The van der Waals surface area contributed by atoms with Gasteiger partial charge in [-0.1, -0.05) is 11.8 Å². The van der Waals surface area contributed by atoms with Gasteiger partial charge in [-0.05, 0) is 12.1 Å². The molecule has 0 fully saturated rings. The Morgan fingerprint density at radius 2 is 2.16 bits per heavy atom. The number of nitrogens with one attached hydrogen (secondary N) is 1. The van der Waals surface area contributed by atoms with Gasteiger partial charge >= 0.3 is 6.18 Å². The molecule has 0 saturated heterocycles. The largest absolute Gasteiger partial charge is 0.395 e. The lowest BCUT2D eigenvalue weighted by molar-refractivity contribution is -0.132. The van der Waals surface area contributed by atoms with Crippen molar-refractivity contribution >= 4 is 17.2 Å². The van der Waals surface area contributed by atoms with Crippen LogP contribution >= 0.6 is 11.3 Å². The zero-order chi connectivity index (χ0) is 14.3. The number of halogens is 3. The Morgan fingerprint density at radius 3 is 2.79 bits per heavy atom. The first-order valence-electron chi connectivity index (χ1n) is 5.47. The van der Waals surface area contributed by atoms with E-state index >= 15 is 0 Å². The Hall–Kier alpha value is -1.52. The number of alkyl halides is 3. The van der Waals surface area contributed by atoms with Crippen LogP contribution in [0.3, 0.4) is 0 Å². The van der Waals surface area contributed by atoms with Crippen molar-refractivity contribution in [2.45, 2.75) is 19.0 Å². The topological polar surface area (TPSA) is 49.3 Å². The number of aliphatic hydroxyl groups excluding tert-OH is 1. The fourth-order valence-electron chi connectivity index (χ4n) is 1.14. The maximum atomic E-state index is 11.9. The lowest BCUT2D eigenvalue weighted by Crippen LogP contribution is -2.27. The molecule has 0 aliphatic heterocycles. The molecule has 0 spiro atoms. The van der Waals surface area contributed by atoms with Gasteiger partial charge in [0.1, 0.15) is 0 Å². The standard InChI is InChI=1S/C12H12F3NO2S/c13-12(14,15)6-7-16-11(18)10-5-4-9(19-10)3-1-2-8-17/h4-5,17H,2,6-8H2,(H,16,18). The van der Waals surface area contributed by atoms with Crippen molar-refractivity contribution in [1.82, 2.24) is 5.32 Å². The number of hydrogen-bond donors (Lipinski definition) is 2. The minimum Gasteiger partial charge on any atom is -0.395 e. The number of aliphatic hydroxyl groups is 1. The Labute approximate surface area is 112 Å². The second-order valence-corrected chi connectivity index (χ2v) is 4.64. The normalized spacial score (nSPS) is 10.7. The van der Waals surface area contributed by atoms with Crippen molar-refractivity contribution < 1.29 is 23.1 Å². The van der Waals surface area contributed by atoms with Crippen molar-refractivity contribution in [3.05, 3.63) is 21.9 Å². The Kier molecular flexibility index (Phi) is 5.86. The second-order valence-electron chi connectivity index (χ2n) is 3.56. The first-order chi connectivity index (χ1) is 8.92. The predicted octanol–water partition coefficient (Wildman–Crippen LogP) is 2.16. The fraction of sp³-hybridized carbons (Fsp3) is 0.417. The number of rotatable bonds is 4. The van der Waals surface area contributed by atoms with E-state index in [-0.39, 0.29) is 6.61 Å². The van der Waals surface area contributed by atoms with Crippen LogP contribution in [-0.2, 0) is 0 Å². The molecule has 0 radical (unpaired) electrons.